The molecule has 1 rings (SSSR count). The van der Waals surface area contributed by atoms with Crippen molar-refractivity contribution in [2.75, 3.05) is 45.8 Å². The largest absolute Gasteiger partial charge is 1.00 e. The Morgan fingerprint density at radius 1 is 1.28 bits per heavy atom. The maximum absolute atomic E-state index is 9.79. The summed E-state index contributed by atoms with van der Waals surface area (Å²) in [5.74, 6) is 0.555. The molecule has 0 amide bonds. The van der Waals surface area contributed by atoms with Gasteiger partial charge in [0.1, 0.15) is 25.0 Å². The van der Waals surface area contributed by atoms with Gasteiger partial charge in [0.25, 0.3) is 0 Å². The SMILES string of the molecule is C[N+](C)(C)CC(O)COc1ccc(N)cc1N.[Br-]. The monoisotopic (exact) mass is 319 g/mol. The molecule has 0 aliphatic heterocycles. The Balaban J connectivity index is 0.00000289. The molecule has 0 aromatic heterocycles. The molecule has 0 heterocycles. The molecule has 5 N–H and O–H groups in total. The Labute approximate surface area is 119 Å². The number of nitrogens with zero attached hydrogens (tertiary/aromatic N) is 1. The summed E-state index contributed by atoms with van der Waals surface area (Å²) in [4.78, 5) is 0. The number of hydrogen-bond donors (Lipinski definition) is 3. The molecule has 6 heteroatoms. The third-order valence-corrected chi connectivity index (χ3v) is 2.22. The topological polar surface area (TPSA) is 81.5 Å². The van der Waals surface area contributed by atoms with Gasteiger partial charge in [-0.05, 0) is 18.2 Å². The summed E-state index contributed by atoms with van der Waals surface area (Å²) in [5.41, 5.74) is 12.4. The number of nitrogen functional groups attached to an aromatic ring is 2. The van der Waals surface area contributed by atoms with Gasteiger partial charge in [0.15, 0.2) is 0 Å². The maximum Gasteiger partial charge on any atom is 0.142 e. The zero-order chi connectivity index (χ0) is 13.1. The van der Waals surface area contributed by atoms with Crippen LogP contribution in [0.5, 0.6) is 5.75 Å². The highest BCUT2D eigenvalue weighted by Crippen LogP contribution is 2.23. The van der Waals surface area contributed by atoms with Crippen LogP contribution in [0.4, 0.5) is 11.4 Å². The number of halogens is 1. The molecule has 1 unspecified atom stereocenters. The van der Waals surface area contributed by atoms with E-state index in [4.69, 9.17) is 16.2 Å². The number of hydrogen-bond acceptors (Lipinski definition) is 4. The van der Waals surface area contributed by atoms with E-state index < -0.39 is 6.10 Å². The number of quaternary nitrogens is 1. The zero-order valence-corrected chi connectivity index (χ0v) is 12.6. The zero-order valence-electron chi connectivity index (χ0n) is 11.1. The predicted octanol–water partition coefficient (Wildman–Crippen LogP) is -2.70. The van der Waals surface area contributed by atoms with Gasteiger partial charge in [-0.1, -0.05) is 0 Å². The molecule has 0 bridgehead atoms. The summed E-state index contributed by atoms with van der Waals surface area (Å²) >= 11 is 0. The standard InChI is InChI=1S/C12H22N3O2.BrH/c1-15(2,3)7-10(16)8-17-12-5-4-9(13)6-11(12)14;/h4-6,10,16H,7-8,13-14H2,1-3H3;1H/q+1;/p-1. The van der Waals surface area contributed by atoms with E-state index in [2.05, 4.69) is 0 Å². The van der Waals surface area contributed by atoms with Crippen LogP contribution in [0.2, 0.25) is 0 Å². The van der Waals surface area contributed by atoms with Crippen molar-refractivity contribution in [3.8, 4) is 5.75 Å². The van der Waals surface area contributed by atoms with Crippen molar-refractivity contribution in [3.63, 3.8) is 0 Å². The van der Waals surface area contributed by atoms with Gasteiger partial charge in [0.2, 0.25) is 0 Å². The second-order valence-electron chi connectivity index (χ2n) is 5.23. The number of anilines is 2. The first-order valence-corrected chi connectivity index (χ1v) is 5.54. The van der Waals surface area contributed by atoms with E-state index in [1.165, 1.54) is 0 Å². The van der Waals surface area contributed by atoms with Crippen LogP contribution in [0.25, 0.3) is 0 Å². The molecule has 0 radical (unpaired) electrons. The summed E-state index contributed by atoms with van der Waals surface area (Å²) < 4.78 is 6.14. The quantitative estimate of drug-likeness (QED) is 0.407. The molecule has 1 atom stereocenters. The third-order valence-electron chi connectivity index (χ3n) is 2.22. The summed E-state index contributed by atoms with van der Waals surface area (Å²) in [6.45, 7) is 0.846. The number of aliphatic hydroxyl groups excluding tert-OH is 1. The number of ether oxygens (including phenoxy) is 1. The van der Waals surface area contributed by atoms with Crippen molar-refractivity contribution in [1.82, 2.24) is 0 Å². The number of likely N-dealkylation sites (N-methyl/N-ethyl adjacent to an activating group) is 1. The summed E-state index contributed by atoms with van der Waals surface area (Å²) in [6, 6.07) is 5.07. The Morgan fingerprint density at radius 3 is 2.39 bits per heavy atom. The first-order valence-electron chi connectivity index (χ1n) is 5.54. The second-order valence-corrected chi connectivity index (χ2v) is 5.23. The minimum atomic E-state index is -0.521. The van der Waals surface area contributed by atoms with E-state index in [9.17, 15) is 5.11 Å². The van der Waals surface area contributed by atoms with E-state index in [0.717, 1.165) is 0 Å². The lowest BCUT2D eigenvalue weighted by Crippen LogP contribution is -3.00. The highest BCUT2D eigenvalue weighted by molar-refractivity contribution is 5.60. The molecule has 0 fully saturated rings. The first-order chi connectivity index (χ1) is 7.78. The van der Waals surface area contributed by atoms with E-state index in [0.29, 0.717) is 28.2 Å². The van der Waals surface area contributed by atoms with E-state index in [1.54, 1.807) is 18.2 Å². The molecule has 5 nitrogen and oxygen atoms in total. The average Bonchev–Trinajstić information content (AvgIpc) is 2.13. The Kier molecular flexibility index (Phi) is 6.45. The molecule has 0 saturated heterocycles. The van der Waals surface area contributed by atoms with Gasteiger partial charge in [0.05, 0.1) is 26.8 Å². The number of rotatable bonds is 5. The van der Waals surface area contributed by atoms with Crippen LogP contribution in [0, 0.1) is 0 Å². The Morgan fingerprint density at radius 2 is 1.89 bits per heavy atom. The van der Waals surface area contributed by atoms with Crippen LogP contribution >= 0.6 is 0 Å². The summed E-state index contributed by atoms with van der Waals surface area (Å²) in [6.07, 6.45) is -0.521. The van der Waals surface area contributed by atoms with Crippen molar-refractivity contribution in [2.24, 2.45) is 0 Å². The number of nitrogens with two attached hydrogens (primary N) is 2. The molecule has 0 saturated carbocycles. The smallest absolute Gasteiger partial charge is 0.142 e. The van der Waals surface area contributed by atoms with Gasteiger partial charge in [-0.3, -0.25) is 0 Å². The Bertz CT molecular complexity index is 380. The van der Waals surface area contributed by atoms with Crippen molar-refractivity contribution >= 4 is 11.4 Å². The molecule has 104 valence electrons. The molecule has 0 aliphatic carbocycles. The molecule has 0 spiro atoms. The van der Waals surface area contributed by atoms with Crippen LogP contribution in [-0.4, -0.2) is 50.0 Å². The highest BCUT2D eigenvalue weighted by Gasteiger charge is 2.16. The first kappa shape index (κ1) is 17.0. The maximum atomic E-state index is 9.79. The minimum absolute atomic E-state index is 0. The fourth-order valence-electron chi connectivity index (χ4n) is 1.57. The minimum Gasteiger partial charge on any atom is -1.00 e. The van der Waals surface area contributed by atoms with Crippen molar-refractivity contribution in [3.05, 3.63) is 18.2 Å². The van der Waals surface area contributed by atoms with Crippen LogP contribution in [-0.2, 0) is 0 Å². The third kappa shape index (κ3) is 6.09. The van der Waals surface area contributed by atoms with Gasteiger partial charge in [0, 0.05) is 5.69 Å². The highest BCUT2D eigenvalue weighted by atomic mass is 79.9. The molecular weight excluding hydrogens is 298 g/mol. The Hall–Kier alpha value is -0.980. The summed E-state index contributed by atoms with van der Waals surface area (Å²) in [5, 5.41) is 9.79. The van der Waals surface area contributed by atoms with Crippen molar-refractivity contribution < 1.29 is 31.3 Å². The number of aliphatic hydroxyl groups is 1. The number of benzene rings is 1. The van der Waals surface area contributed by atoms with E-state index in [-0.39, 0.29) is 23.6 Å². The fraction of sp³-hybridized carbons (Fsp3) is 0.500. The predicted molar refractivity (Wildman–Crippen MR) is 69.7 cm³/mol. The molecule has 0 aliphatic rings. The van der Waals surface area contributed by atoms with Crippen molar-refractivity contribution in [1.29, 1.82) is 0 Å². The summed E-state index contributed by atoms with van der Waals surface area (Å²) in [7, 11) is 6.04. The van der Waals surface area contributed by atoms with Crippen LogP contribution in [0.3, 0.4) is 0 Å². The van der Waals surface area contributed by atoms with Gasteiger partial charge in [-0.15, -0.1) is 0 Å². The lowest BCUT2D eigenvalue weighted by molar-refractivity contribution is -0.873. The van der Waals surface area contributed by atoms with Crippen molar-refractivity contribution in [2.45, 2.75) is 6.10 Å². The molecule has 18 heavy (non-hydrogen) atoms. The molecular formula is C12H22BrN3O2. The normalized spacial score (nSPS) is 12.7. The lowest BCUT2D eigenvalue weighted by Gasteiger charge is -2.26. The van der Waals surface area contributed by atoms with Gasteiger partial charge >= 0.3 is 0 Å². The van der Waals surface area contributed by atoms with Gasteiger partial charge in [-0.2, -0.15) is 0 Å². The second kappa shape index (κ2) is 6.82. The van der Waals surface area contributed by atoms with E-state index >= 15 is 0 Å². The van der Waals surface area contributed by atoms with Crippen LogP contribution in [0.1, 0.15) is 0 Å². The fourth-order valence-corrected chi connectivity index (χ4v) is 1.57. The molecule has 1 aromatic rings. The van der Waals surface area contributed by atoms with E-state index in [1.807, 2.05) is 21.1 Å². The average molecular weight is 320 g/mol. The van der Waals surface area contributed by atoms with Gasteiger partial charge < -0.3 is 42.8 Å². The van der Waals surface area contributed by atoms with Gasteiger partial charge in [-0.25, -0.2) is 0 Å². The van der Waals surface area contributed by atoms with Crippen LogP contribution < -0.4 is 33.2 Å². The lowest BCUT2D eigenvalue weighted by atomic mass is 10.2. The molecule has 1 aromatic carbocycles. The van der Waals surface area contributed by atoms with Crippen LogP contribution in [0.15, 0.2) is 18.2 Å².